The van der Waals surface area contributed by atoms with Gasteiger partial charge < -0.3 is 9.15 Å². The van der Waals surface area contributed by atoms with Crippen LogP contribution in [0.2, 0.25) is 0 Å². The summed E-state index contributed by atoms with van der Waals surface area (Å²) >= 11 is 0. The van der Waals surface area contributed by atoms with Crippen LogP contribution in [0.3, 0.4) is 0 Å². The van der Waals surface area contributed by atoms with Gasteiger partial charge in [0.1, 0.15) is 11.3 Å². The van der Waals surface area contributed by atoms with E-state index in [0.717, 1.165) is 27.9 Å². The minimum Gasteiger partial charge on any atom is -0.484 e. The number of hydrogen-bond donors (Lipinski definition) is 1. The fourth-order valence-corrected chi connectivity index (χ4v) is 3.22. The molecule has 4 aromatic rings. The van der Waals surface area contributed by atoms with E-state index in [-0.39, 0.29) is 18.1 Å². The van der Waals surface area contributed by atoms with E-state index in [9.17, 15) is 9.59 Å². The molecule has 2 aromatic carbocycles. The van der Waals surface area contributed by atoms with E-state index in [4.69, 9.17) is 9.15 Å². The molecule has 4 rings (SSSR count). The summed E-state index contributed by atoms with van der Waals surface area (Å²) < 4.78 is 12.6. The van der Waals surface area contributed by atoms with Crippen molar-refractivity contribution in [1.29, 1.82) is 0 Å². The molecule has 0 saturated carbocycles. The molecule has 2 aromatic heterocycles. The van der Waals surface area contributed by atoms with Gasteiger partial charge in [0.05, 0.1) is 5.69 Å². The van der Waals surface area contributed by atoms with Gasteiger partial charge in [0.15, 0.2) is 6.61 Å². The van der Waals surface area contributed by atoms with Crippen molar-refractivity contribution in [3.63, 3.8) is 0 Å². The maximum absolute atomic E-state index is 12.5. The fraction of sp³-hybridized carbons (Fsp3) is 0.130. The molecule has 0 unspecified atom stereocenters. The Hall–Kier alpha value is -3.80. The average Bonchev–Trinajstić information content (AvgIpc) is 3.07. The molecule has 6 nitrogen and oxygen atoms in total. The molecule has 146 valence electrons. The summed E-state index contributed by atoms with van der Waals surface area (Å²) in [6, 6.07) is 20.3. The second-order valence-electron chi connectivity index (χ2n) is 6.79. The Morgan fingerprint density at radius 2 is 1.83 bits per heavy atom. The van der Waals surface area contributed by atoms with Crippen molar-refractivity contribution >= 4 is 16.9 Å². The van der Waals surface area contributed by atoms with E-state index >= 15 is 0 Å². The summed E-state index contributed by atoms with van der Waals surface area (Å²) in [6.45, 7) is 3.61. The van der Waals surface area contributed by atoms with Gasteiger partial charge in [-0.15, -0.1) is 0 Å². The topological polar surface area (TPSA) is 73.5 Å². The zero-order valence-corrected chi connectivity index (χ0v) is 16.1. The van der Waals surface area contributed by atoms with Crippen LogP contribution in [0.5, 0.6) is 5.75 Å². The SMILES string of the molecule is Cc1cc(=O)oc2ccc(OCC(=O)Nn3c(C)ccc3-c3ccccc3)cc12. The smallest absolute Gasteiger partial charge is 0.336 e. The largest absolute Gasteiger partial charge is 0.484 e. The van der Waals surface area contributed by atoms with Gasteiger partial charge >= 0.3 is 5.63 Å². The highest BCUT2D eigenvalue weighted by Crippen LogP contribution is 2.23. The Labute approximate surface area is 167 Å². The minimum absolute atomic E-state index is 0.146. The number of benzene rings is 2. The molecule has 0 aliphatic rings. The molecule has 0 fully saturated rings. The number of ether oxygens (including phenoxy) is 1. The van der Waals surface area contributed by atoms with Crippen molar-refractivity contribution < 1.29 is 13.9 Å². The lowest BCUT2D eigenvalue weighted by atomic mass is 10.1. The number of carbonyl (C=O) groups excluding carboxylic acids is 1. The standard InChI is InChI=1S/C23H20N2O4/c1-15-12-23(27)29-21-11-9-18(13-19(15)21)28-14-22(26)24-25-16(2)8-10-20(25)17-6-4-3-5-7-17/h3-13H,14H2,1-2H3,(H,24,26). The first kappa shape index (κ1) is 18.6. The summed E-state index contributed by atoms with van der Waals surface area (Å²) in [5.41, 5.74) is 6.58. The zero-order valence-electron chi connectivity index (χ0n) is 16.1. The highest BCUT2D eigenvalue weighted by atomic mass is 16.5. The minimum atomic E-state index is -0.389. The zero-order chi connectivity index (χ0) is 20.4. The highest BCUT2D eigenvalue weighted by molar-refractivity contribution is 5.86. The lowest BCUT2D eigenvalue weighted by molar-refractivity contribution is -0.119. The lowest BCUT2D eigenvalue weighted by Crippen LogP contribution is -2.29. The highest BCUT2D eigenvalue weighted by Gasteiger charge is 2.11. The van der Waals surface area contributed by atoms with Gasteiger partial charge in [-0.25, -0.2) is 4.79 Å². The van der Waals surface area contributed by atoms with Crippen LogP contribution < -0.4 is 15.8 Å². The van der Waals surface area contributed by atoms with Gasteiger partial charge in [-0.1, -0.05) is 30.3 Å². The molecule has 0 atom stereocenters. The van der Waals surface area contributed by atoms with Gasteiger partial charge in [0.25, 0.3) is 5.91 Å². The van der Waals surface area contributed by atoms with E-state index in [1.807, 2.05) is 56.3 Å². The number of aryl methyl sites for hydroxylation is 2. The van der Waals surface area contributed by atoms with Crippen molar-refractivity contribution in [2.75, 3.05) is 12.0 Å². The van der Waals surface area contributed by atoms with Crippen LogP contribution in [-0.2, 0) is 4.79 Å². The van der Waals surface area contributed by atoms with Crippen molar-refractivity contribution in [3.8, 4) is 17.0 Å². The van der Waals surface area contributed by atoms with Gasteiger partial charge in [0, 0.05) is 22.7 Å². The molecule has 0 aliphatic heterocycles. The van der Waals surface area contributed by atoms with Gasteiger partial charge in [0.2, 0.25) is 0 Å². The molecule has 6 heteroatoms. The van der Waals surface area contributed by atoms with Crippen LogP contribution in [-0.4, -0.2) is 17.2 Å². The summed E-state index contributed by atoms with van der Waals surface area (Å²) in [4.78, 5) is 23.9. The lowest BCUT2D eigenvalue weighted by Gasteiger charge is -2.14. The van der Waals surface area contributed by atoms with Gasteiger partial charge in [-0.05, 0) is 49.7 Å². The number of rotatable bonds is 5. The van der Waals surface area contributed by atoms with E-state index in [1.54, 1.807) is 22.9 Å². The normalized spacial score (nSPS) is 10.8. The number of nitrogens with zero attached hydrogens (tertiary/aromatic N) is 1. The Morgan fingerprint density at radius 3 is 2.62 bits per heavy atom. The molecule has 0 saturated heterocycles. The van der Waals surface area contributed by atoms with Crippen LogP contribution in [0.25, 0.3) is 22.2 Å². The second kappa shape index (κ2) is 7.67. The quantitative estimate of drug-likeness (QED) is 0.524. The number of hydrogen-bond acceptors (Lipinski definition) is 4. The van der Waals surface area contributed by atoms with Crippen LogP contribution in [0.4, 0.5) is 0 Å². The number of nitrogens with one attached hydrogen (secondary N) is 1. The first-order valence-corrected chi connectivity index (χ1v) is 9.22. The summed E-state index contributed by atoms with van der Waals surface area (Å²) in [7, 11) is 0. The Kier molecular flexibility index (Phi) is 4.91. The van der Waals surface area contributed by atoms with Crippen LogP contribution in [0.15, 0.2) is 75.9 Å². The molecule has 0 spiro atoms. The first-order valence-electron chi connectivity index (χ1n) is 9.22. The summed E-state index contributed by atoms with van der Waals surface area (Å²) in [5.74, 6) is 0.245. The van der Waals surface area contributed by atoms with E-state index in [2.05, 4.69) is 5.43 Å². The molecular weight excluding hydrogens is 368 g/mol. The monoisotopic (exact) mass is 388 g/mol. The Morgan fingerprint density at radius 1 is 1.03 bits per heavy atom. The molecule has 1 amide bonds. The molecular formula is C23H20N2O4. The maximum atomic E-state index is 12.5. The van der Waals surface area contributed by atoms with Crippen LogP contribution in [0, 0.1) is 13.8 Å². The maximum Gasteiger partial charge on any atom is 0.336 e. The molecule has 0 aliphatic carbocycles. The van der Waals surface area contributed by atoms with Crippen LogP contribution >= 0.6 is 0 Å². The molecule has 29 heavy (non-hydrogen) atoms. The number of amides is 1. The third-order valence-corrected chi connectivity index (χ3v) is 4.67. The van der Waals surface area contributed by atoms with Gasteiger partial charge in [-0.3, -0.25) is 14.9 Å². The number of carbonyl (C=O) groups is 1. The third kappa shape index (κ3) is 3.91. The van der Waals surface area contributed by atoms with Crippen molar-refractivity contribution in [2.24, 2.45) is 0 Å². The Bertz CT molecular complexity index is 1240. The fourth-order valence-electron chi connectivity index (χ4n) is 3.22. The predicted molar refractivity (Wildman–Crippen MR) is 112 cm³/mol. The van der Waals surface area contributed by atoms with E-state index in [0.29, 0.717) is 11.3 Å². The predicted octanol–water partition coefficient (Wildman–Crippen LogP) is 4.03. The molecule has 1 N–H and O–H groups in total. The second-order valence-corrected chi connectivity index (χ2v) is 6.79. The summed E-state index contributed by atoms with van der Waals surface area (Å²) in [6.07, 6.45) is 0. The number of aromatic nitrogens is 1. The van der Waals surface area contributed by atoms with Gasteiger partial charge in [-0.2, -0.15) is 0 Å². The first-order chi connectivity index (χ1) is 14.0. The van der Waals surface area contributed by atoms with Crippen molar-refractivity contribution in [3.05, 3.63) is 88.4 Å². The molecule has 0 bridgehead atoms. The van der Waals surface area contributed by atoms with Crippen molar-refractivity contribution in [2.45, 2.75) is 13.8 Å². The average molecular weight is 388 g/mol. The number of fused-ring (bicyclic) bond motifs is 1. The third-order valence-electron chi connectivity index (χ3n) is 4.67. The van der Waals surface area contributed by atoms with Crippen LogP contribution in [0.1, 0.15) is 11.3 Å². The summed E-state index contributed by atoms with van der Waals surface area (Å²) in [5, 5.41) is 0.773. The molecule has 2 heterocycles. The molecule has 0 radical (unpaired) electrons. The van der Waals surface area contributed by atoms with E-state index < -0.39 is 0 Å². The van der Waals surface area contributed by atoms with E-state index in [1.165, 1.54) is 6.07 Å². The Balaban J connectivity index is 1.48. The van der Waals surface area contributed by atoms with Crippen molar-refractivity contribution in [1.82, 2.24) is 4.68 Å².